The summed E-state index contributed by atoms with van der Waals surface area (Å²) in [5, 5.41) is 7.07. The van der Waals surface area contributed by atoms with Gasteiger partial charge in [-0.3, -0.25) is 0 Å². The van der Waals surface area contributed by atoms with Crippen LogP contribution < -0.4 is 10.6 Å². The summed E-state index contributed by atoms with van der Waals surface area (Å²) in [6.45, 7) is 17.0. The first-order valence-electron chi connectivity index (χ1n) is 8.46. The maximum absolute atomic E-state index is 12.2. The quantitative estimate of drug-likeness (QED) is 0.784. The zero-order chi connectivity index (χ0) is 17.0. The van der Waals surface area contributed by atoms with Crippen LogP contribution in [0, 0.1) is 0 Å². The Hall–Kier alpha value is -0.810. The van der Waals surface area contributed by atoms with Crippen LogP contribution in [0.4, 0.5) is 4.79 Å². The highest BCUT2D eigenvalue weighted by Crippen LogP contribution is 2.20. The summed E-state index contributed by atoms with van der Waals surface area (Å²) in [5.41, 5.74) is -0.264. The summed E-state index contributed by atoms with van der Waals surface area (Å²) in [6.07, 6.45) is 1.78. The summed E-state index contributed by atoms with van der Waals surface area (Å²) in [4.78, 5) is 14.0. The highest BCUT2D eigenvalue weighted by Gasteiger charge is 2.31. The van der Waals surface area contributed by atoms with Crippen molar-refractivity contribution in [1.29, 1.82) is 0 Å². The number of hydrogen-bond acceptors (Lipinski definition) is 4. The van der Waals surface area contributed by atoms with Crippen molar-refractivity contribution in [3.05, 3.63) is 0 Å². The van der Waals surface area contributed by atoms with Gasteiger partial charge in [-0.15, -0.1) is 0 Å². The average molecular weight is 313 g/mol. The van der Waals surface area contributed by atoms with Crippen LogP contribution in [0.5, 0.6) is 0 Å². The predicted molar refractivity (Wildman–Crippen MR) is 91.2 cm³/mol. The minimum Gasteiger partial charge on any atom is -0.444 e. The van der Waals surface area contributed by atoms with Crippen LogP contribution in [0.2, 0.25) is 0 Å². The number of ether oxygens (including phenoxy) is 1. The molecule has 1 amide bonds. The summed E-state index contributed by atoms with van der Waals surface area (Å²) < 4.78 is 5.48. The second-order valence-electron chi connectivity index (χ2n) is 8.37. The fraction of sp³-hybridized carbons (Fsp3) is 0.941. The van der Waals surface area contributed by atoms with E-state index < -0.39 is 5.60 Å². The van der Waals surface area contributed by atoms with E-state index in [1.54, 1.807) is 0 Å². The van der Waals surface area contributed by atoms with Crippen LogP contribution in [0.1, 0.15) is 61.3 Å². The Balaban J connectivity index is 2.32. The van der Waals surface area contributed by atoms with E-state index in [1.165, 1.54) is 0 Å². The lowest BCUT2D eigenvalue weighted by atomic mass is 9.98. The molecule has 130 valence electrons. The number of nitrogens with zero attached hydrogens (tertiary/aromatic N) is 1. The van der Waals surface area contributed by atoms with Gasteiger partial charge in [0.15, 0.2) is 0 Å². The molecule has 22 heavy (non-hydrogen) atoms. The maximum Gasteiger partial charge on any atom is 0.410 e. The average Bonchev–Trinajstić information content (AvgIpc) is 2.31. The molecule has 0 aromatic rings. The topological polar surface area (TPSA) is 53.6 Å². The molecule has 2 atom stereocenters. The molecule has 0 saturated carbocycles. The van der Waals surface area contributed by atoms with Gasteiger partial charge in [0.25, 0.3) is 0 Å². The third-order valence-electron chi connectivity index (χ3n) is 3.72. The van der Waals surface area contributed by atoms with Gasteiger partial charge in [0.05, 0.1) is 0 Å². The zero-order valence-electron chi connectivity index (χ0n) is 15.5. The highest BCUT2D eigenvalue weighted by molar-refractivity contribution is 5.68. The summed E-state index contributed by atoms with van der Waals surface area (Å²) in [6, 6.07) is 0.701. The third kappa shape index (κ3) is 7.45. The Kier molecular flexibility index (Phi) is 6.68. The first kappa shape index (κ1) is 19.2. The van der Waals surface area contributed by atoms with Crippen molar-refractivity contribution in [3.63, 3.8) is 0 Å². The standard InChI is InChI=1S/C17H35N3O2/c1-13-12-14(18-9-10-19-16(2,3)4)8-11-20(13)15(21)22-17(5,6)7/h13-14,18-19H,8-12H2,1-7H3. The van der Waals surface area contributed by atoms with Crippen molar-refractivity contribution in [3.8, 4) is 0 Å². The molecule has 1 aliphatic heterocycles. The second kappa shape index (κ2) is 7.64. The molecular formula is C17H35N3O2. The van der Waals surface area contributed by atoms with E-state index in [0.717, 1.165) is 32.5 Å². The van der Waals surface area contributed by atoms with Gasteiger partial charge in [-0.1, -0.05) is 0 Å². The first-order valence-corrected chi connectivity index (χ1v) is 8.46. The number of amides is 1. The molecule has 0 aliphatic carbocycles. The van der Waals surface area contributed by atoms with Gasteiger partial charge in [0.2, 0.25) is 0 Å². The van der Waals surface area contributed by atoms with Crippen LogP contribution in [-0.4, -0.2) is 53.9 Å². The van der Waals surface area contributed by atoms with Crippen molar-refractivity contribution in [1.82, 2.24) is 15.5 Å². The molecule has 1 heterocycles. The number of carbonyl (C=O) groups is 1. The van der Waals surface area contributed by atoms with E-state index >= 15 is 0 Å². The van der Waals surface area contributed by atoms with Crippen molar-refractivity contribution >= 4 is 6.09 Å². The largest absolute Gasteiger partial charge is 0.444 e. The molecular weight excluding hydrogens is 278 g/mol. The molecule has 0 spiro atoms. The van der Waals surface area contributed by atoms with Crippen LogP contribution in [-0.2, 0) is 4.74 Å². The normalized spacial score (nSPS) is 23.5. The van der Waals surface area contributed by atoms with Gasteiger partial charge in [0, 0.05) is 37.3 Å². The first-order chi connectivity index (χ1) is 9.98. The second-order valence-corrected chi connectivity index (χ2v) is 8.37. The van der Waals surface area contributed by atoms with E-state index in [4.69, 9.17) is 4.74 Å². The summed E-state index contributed by atoms with van der Waals surface area (Å²) in [7, 11) is 0. The summed E-state index contributed by atoms with van der Waals surface area (Å²) >= 11 is 0. The van der Waals surface area contributed by atoms with Gasteiger partial charge in [-0.2, -0.15) is 0 Å². The molecule has 1 aliphatic rings. The SMILES string of the molecule is CC1CC(NCCNC(C)(C)C)CCN1C(=O)OC(C)(C)C. The van der Waals surface area contributed by atoms with Crippen molar-refractivity contribution in [2.24, 2.45) is 0 Å². The molecule has 0 aromatic carbocycles. The molecule has 1 rings (SSSR count). The van der Waals surface area contributed by atoms with Gasteiger partial charge in [0.1, 0.15) is 5.60 Å². The number of likely N-dealkylation sites (tertiary alicyclic amines) is 1. The molecule has 5 nitrogen and oxygen atoms in total. The van der Waals surface area contributed by atoms with E-state index in [0.29, 0.717) is 6.04 Å². The Morgan fingerprint density at radius 3 is 2.32 bits per heavy atom. The molecule has 1 fully saturated rings. The van der Waals surface area contributed by atoms with Gasteiger partial charge in [-0.25, -0.2) is 4.79 Å². The fourth-order valence-electron chi connectivity index (χ4n) is 2.66. The molecule has 2 unspecified atom stereocenters. The number of hydrogen-bond donors (Lipinski definition) is 2. The molecule has 0 bridgehead atoms. The lowest BCUT2D eigenvalue weighted by Gasteiger charge is -2.38. The minimum absolute atomic E-state index is 0.162. The zero-order valence-corrected chi connectivity index (χ0v) is 15.5. The van der Waals surface area contributed by atoms with Crippen LogP contribution >= 0.6 is 0 Å². The molecule has 1 saturated heterocycles. The minimum atomic E-state index is -0.426. The summed E-state index contributed by atoms with van der Waals surface area (Å²) in [5.74, 6) is 0. The fourth-order valence-corrected chi connectivity index (χ4v) is 2.66. The van der Waals surface area contributed by atoms with Crippen LogP contribution in [0.3, 0.4) is 0 Å². The molecule has 0 aromatic heterocycles. The lowest BCUT2D eigenvalue weighted by molar-refractivity contribution is 0.00940. The maximum atomic E-state index is 12.2. The van der Waals surface area contributed by atoms with Gasteiger partial charge < -0.3 is 20.3 Å². The van der Waals surface area contributed by atoms with Gasteiger partial charge in [-0.05, 0) is 61.3 Å². The van der Waals surface area contributed by atoms with E-state index in [2.05, 4.69) is 38.3 Å². The smallest absolute Gasteiger partial charge is 0.410 e. The number of carbonyl (C=O) groups excluding carboxylic acids is 1. The highest BCUT2D eigenvalue weighted by atomic mass is 16.6. The predicted octanol–water partition coefficient (Wildman–Crippen LogP) is 2.75. The van der Waals surface area contributed by atoms with Crippen molar-refractivity contribution in [2.45, 2.75) is 84.5 Å². The Labute approximate surface area is 136 Å². The molecule has 5 heteroatoms. The molecule has 0 radical (unpaired) electrons. The Morgan fingerprint density at radius 2 is 1.82 bits per heavy atom. The van der Waals surface area contributed by atoms with Crippen molar-refractivity contribution in [2.75, 3.05) is 19.6 Å². The number of rotatable bonds is 4. The van der Waals surface area contributed by atoms with Crippen LogP contribution in [0.15, 0.2) is 0 Å². The van der Waals surface area contributed by atoms with Gasteiger partial charge >= 0.3 is 6.09 Å². The number of piperidine rings is 1. The van der Waals surface area contributed by atoms with Crippen molar-refractivity contribution < 1.29 is 9.53 Å². The lowest BCUT2D eigenvalue weighted by Crippen LogP contribution is -2.52. The van der Waals surface area contributed by atoms with E-state index in [1.807, 2.05) is 25.7 Å². The Morgan fingerprint density at radius 1 is 1.18 bits per heavy atom. The molecule has 2 N–H and O–H groups in total. The van der Waals surface area contributed by atoms with E-state index in [9.17, 15) is 4.79 Å². The third-order valence-corrected chi connectivity index (χ3v) is 3.72. The number of nitrogens with one attached hydrogen (secondary N) is 2. The monoisotopic (exact) mass is 313 g/mol. The Bertz CT molecular complexity index is 358. The van der Waals surface area contributed by atoms with Crippen LogP contribution in [0.25, 0.3) is 0 Å². The van der Waals surface area contributed by atoms with E-state index in [-0.39, 0.29) is 17.7 Å².